The number of nitrogens with zero attached hydrogens (tertiary/aromatic N) is 5. The van der Waals surface area contributed by atoms with Gasteiger partial charge in [-0.2, -0.15) is 0 Å². The third-order valence-corrected chi connectivity index (χ3v) is 5.11. The predicted molar refractivity (Wildman–Crippen MR) is 102 cm³/mol. The van der Waals surface area contributed by atoms with E-state index in [9.17, 15) is 0 Å². The highest BCUT2D eigenvalue weighted by atomic mass is 16.5. The van der Waals surface area contributed by atoms with E-state index in [4.69, 9.17) is 10.5 Å². The topological polar surface area (TPSA) is 59.0 Å². The number of likely N-dealkylation sites (tertiary alicyclic amines) is 1. The van der Waals surface area contributed by atoms with Crippen LogP contribution < -0.4 is 15.4 Å². The Kier molecular flexibility index (Phi) is 4.79. The standard InChI is InChI=1S/C18H31N6O/c1-21(2)15-7-6-9-23-17(15)16(19)18(20-23)25-12-11-22-10-8-14(13-22)24(3,4)5/h6-7,9,14H,8,10-13,19H2,1-5H3/q+1. The van der Waals surface area contributed by atoms with Crippen LogP contribution in [0.2, 0.25) is 0 Å². The molecule has 0 amide bonds. The fourth-order valence-electron chi connectivity index (χ4n) is 3.47. The Morgan fingerprint density at radius 1 is 1.36 bits per heavy atom. The Labute approximate surface area is 150 Å². The summed E-state index contributed by atoms with van der Waals surface area (Å²) in [4.78, 5) is 4.50. The summed E-state index contributed by atoms with van der Waals surface area (Å²) < 4.78 is 8.73. The molecule has 3 rings (SSSR count). The first-order chi connectivity index (χ1) is 11.8. The molecule has 1 unspecified atom stereocenters. The zero-order chi connectivity index (χ0) is 18.2. The number of ether oxygens (including phenoxy) is 1. The van der Waals surface area contributed by atoms with Gasteiger partial charge in [-0.1, -0.05) is 0 Å². The number of pyridine rings is 1. The van der Waals surface area contributed by atoms with Gasteiger partial charge in [0.05, 0.1) is 33.4 Å². The van der Waals surface area contributed by atoms with E-state index in [1.165, 1.54) is 6.42 Å². The second kappa shape index (κ2) is 6.72. The fourth-order valence-corrected chi connectivity index (χ4v) is 3.47. The lowest BCUT2D eigenvalue weighted by Gasteiger charge is -2.31. The molecule has 3 heterocycles. The minimum absolute atomic E-state index is 0.525. The van der Waals surface area contributed by atoms with Crippen LogP contribution in [0, 0.1) is 0 Å². The van der Waals surface area contributed by atoms with Gasteiger partial charge in [0.15, 0.2) is 0 Å². The fraction of sp³-hybridized carbons (Fsp3) is 0.611. The van der Waals surface area contributed by atoms with Crippen molar-refractivity contribution in [1.29, 1.82) is 0 Å². The van der Waals surface area contributed by atoms with Crippen LogP contribution in [0.4, 0.5) is 11.4 Å². The summed E-state index contributed by atoms with van der Waals surface area (Å²) in [5.74, 6) is 0.525. The van der Waals surface area contributed by atoms with Gasteiger partial charge in [-0.05, 0) is 12.1 Å². The van der Waals surface area contributed by atoms with Gasteiger partial charge < -0.3 is 19.9 Å². The Morgan fingerprint density at radius 3 is 2.76 bits per heavy atom. The molecular formula is C18H31N6O+. The number of likely N-dealkylation sites (N-methyl/N-ethyl adjacent to an activating group) is 1. The van der Waals surface area contributed by atoms with Gasteiger partial charge in [-0.15, -0.1) is 5.10 Å². The molecule has 25 heavy (non-hydrogen) atoms. The molecule has 2 aromatic rings. The molecule has 1 atom stereocenters. The van der Waals surface area contributed by atoms with Crippen molar-refractivity contribution in [3.8, 4) is 5.88 Å². The Bertz CT molecular complexity index is 733. The molecule has 1 aliphatic rings. The normalized spacial score (nSPS) is 18.8. The number of quaternary nitrogens is 1. The Hall–Kier alpha value is -1.99. The van der Waals surface area contributed by atoms with Gasteiger partial charge in [0.25, 0.3) is 5.88 Å². The molecule has 1 aliphatic heterocycles. The largest absolute Gasteiger partial charge is 0.474 e. The van der Waals surface area contributed by atoms with E-state index in [1.54, 1.807) is 4.52 Å². The highest BCUT2D eigenvalue weighted by Gasteiger charge is 2.31. The van der Waals surface area contributed by atoms with E-state index in [-0.39, 0.29) is 0 Å². The van der Waals surface area contributed by atoms with Crippen LogP contribution in [0.1, 0.15) is 6.42 Å². The van der Waals surface area contributed by atoms with Gasteiger partial charge in [0, 0.05) is 39.8 Å². The molecule has 0 aliphatic carbocycles. The van der Waals surface area contributed by atoms with E-state index in [0.717, 1.165) is 35.3 Å². The molecular weight excluding hydrogens is 316 g/mol. The lowest BCUT2D eigenvalue weighted by atomic mass is 10.2. The summed E-state index contributed by atoms with van der Waals surface area (Å²) in [6.45, 7) is 3.77. The van der Waals surface area contributed by atoms with Crippen molar-refractivity contribution in [3.05, 3.63) is 18.3 Å². The summed E-state index contributed by atoms with van der Waals surface area (Å²) in [6.07, 6.45) is 3.14. The van der Waals surface area contributed by atoms with Crippen LogP contribution in [0.25, 0.3) is 5.52 Å². The summed E-state index contributed by atoms with van der Waals surface area (Å²) >= 11 is 0. The first-order valence-corrected chi connectivity index (χ1v) is 8.88. The van der Waals surface area contributed by atoms with Gasteiger partial charge >= 0.3 is 0 Å². The zero-order valence-electron chi connectivity index (χ0n) is 16.1. The highest BCUT2D eigenvalue weighted by Crippen LogP contribution is 2.31. The summed E-state index contributed by atoms with van der Waals surface area (Å²) in [5.41, 5.74) is 8.84. The lowest BCUT2D eigenvalue weighted by Crippen LogP contribution is -2.46. The van der Waals surface area contributed by atoms with Crippen molar-refractivity contribution >= 4 is 16.9 Å². The average molecular weight is 347 g/mol. The van der Waals surface area contributed by atoms with Gasteiger partial charge in [0.2, 0.25) is 0 Å². The third-order valence-electron chi connectivity index (χ3n) is 5.11. The van der Waals surface area contributed by atoms with Crippen LogP contribution in [-0.2, 0) is 0 Å². The molecule has 0 bridgehead atoms. The van der Waals surface area contributed by atoms with Crippen molar-refractivity contribution in [1.82, 2.24) is 14.5 Å². The van der Waals surface area contributed by atoms with Crippen LogP contribution in [0.3, 0.4) is 0 Å². The summed E-state index contributed by atoms with van der Waals surface area (Å²) in [5, 5.41) is 4.49. The zero-order valence-corrected chi connectivity index (χ0v) is 16.1. The number of anilines is 2. The molecule has 7 heteroatoms. The van der Waals surface area contributed by atoms with Crippen LogP contribution in [0.5, 0.6) is 5.88 Å². The molecule has 0 aromatic carbocycles. The second-order valence-corrected chi connectivity index (χ2v) is 8.01. The van der Waals surface area contributed by atoms with Gasteiger partial charge in [0.1, 0.15) is 23.9 Å². The number of rotatable bonds is 6. The molecule has 1 saturated heterocycles. The monoisotopic (exact) mass is 347 g/mol. The van der Waals surface area contributed by atoms with Crippen molar-refractivity contribution in [2.24, 2.45) is 0 Å². The Morgan fingerprint density at radius 2 is 2.12 bits per heavy atom. The van der Waals surface area contributed by atoms with E-state index in [1.807, 2.05) is 37.3 Å². The molecule has 0 radical (unpaired) electrons. The number of hydrogen-bond acceptors (Lipinski definition) is 5. The predicted octanol–water partition coefficient (Wildman–Crippen LogP) is 1.14. The number of aromatic nitrogens is 2. The molecule has 2 N–H and O–H groups in total. The minimum atomic E-state index is 0.525. The highest BCUT2D eigenvalue weighted by molar-refractivity contribution is 5.87. The maximum Gasteiger partial charge on any atom is 0.257 e. The third kappa shape index (κ3) is 3.67. The van der Waals surface area contributed by atoms with E-state index >= 15 is 0 Å². The lowest BCUT2D eigenvalue weighted by molar-refractivity contribution is -0.893. The van der Waals surface area contributed by atoms with Crippen molar-refractivity contribution < 1.29 is 9.22 Å². The Balaban J connectivity index is 1.63. The van der Waals surface area contributed by atoms with E-state index < -0.39 is 0 Å². The number of fused-ring (bicyclic) bond motifs is 1. The van der Waals surface area contributed by atoms with Crippen LogP contribution in [0.15, 0.2) is 18.3 Å². The van der Waals surface area contributed by atoms with Crippen molar-refractivity contribution in [3.63, 3.8) is 0 Å². The number of nitrogens with two attached hydrogens (primary N) is 1. The molecule has 2 aromatic heterocycles. The summed E-state index contributed by atoms with van der Waals surface area (Å²) in [7, 11) is 10.8. The van der Waals surface area contributed by atoms with Gasteiger partial charge in [-0.3, -0.25) is 4.90 Å². The summed E-state index contributed by atoms with van der Waals surface area (Å²) in [6, 6.07) is 4.70. The second-order valence-electron chi connectivity index (χ2n) is 8.01. The molecule has 138 valence electrons. The first kappa shape index (κ1) is 17.8. The SMILES string of the molecule is CN(C)c1cccn2nc(OCCN3CCC([N+](C)(C)C)C3)c(N)c12. The number of hydrogen-bond donors (Lipinski definition) is 1. The maximum absolute atomic E-state index is 6.30. The minimum Gasteiger partial charge on any atom is -0.474 e. The van der Waals surface area contributed by atoms with Crippen LogP contribution >= 0.6 is 0 Å². The van der Waals surface area contributed by atoms with Crippen LogP contribution in [-0.4, -0.2) is 86.5 Å². The first-order valence-electron chi connectivity index (χ1n) is 8.88. The van der Waals surface area contributed by atoms with Gasteiger partial charge in [-0.25, -0.2) is 4.52 Å². The molecule has 0 spiro atoms. The maximum atomic E-state index is 6.30. The molecule has 7 nitrogen and oxygen atoms in total. The average Bonchev–Trinajstić information content (AvgIpc) is 3.13. The van der Waals surface area contributed by atoms with E-state index in [0.29, 0.717) is 24.2 Å². The molecule has 1 fully saturated rings. The van der Waals surface area contributed by atoms with Crippen molar-refractivity contribution in [2.45, 2.75) is 12.5 Å². The molecule has 0 saturated carbocycles. The quantitative estimate of drug-likeness (QED) is 0.794. The van der Waals surface area contributed by atoms with E-state index in [2.05, 4.69) is 31.1 Å². The van der Waals surface area contributed by atoms with Crippen molar-refractivity contribution in [2.75, 3.05) is 72.1 Å². The smallest absolute Gasteiger partial charge is 0.257 e. The number of nitrogen functional groups attached to an aromatic ring is 1.